The van der Waals surface area contributed by atoms with Crippen molar-refractivity contribution in [2.45, 2.75) is 30.9 Å². The molecule has 2 heterocycles. The van der Waals surface area contributed by atoms with Crippen LogP contribution >= 0.6 is 11.8 Å². The smallest absolute Gasteiger partial charge is 0.242 e. The summed E-state index contributed by atoms with van der Waals surface area (Å²) in [6.07, 6.45) is 2.03. The standard InChI is InChI=1S/C15H17N3O2S/c1-15(13(20)17-14(16)21-15)9-12(19)18-8-4-6-10-5-2-3-7-11(10)18/h2-3,5,7H,4,6,8-9H2,1H3,(H2,16,17,20). The number of para-hydroxylation sites is 1. The van der Waals surface area contributed by atoms with Gasteiger partial charge in [-0.1, -0.05) is 30.0 Å². The van der Waals surface area contributed by atoms with Gasteiger partial charge in [0.05, 0.1) is 6.42 Å². The molecule has 1 unspecified atom stereocenters. The van der Waals surface area contributed by atoms with Gasteiger partial charge in [-0.2, -0.15) is 0 Å². The average Bonchev–Trinajstić information content (AvgIpc) is 2.70. The third kappa shape index (κ3) is 2.55. The van der Waals surface area contributed by atoms with Gasteiger partial charge >= 0.3 is 0 Å². The lowest BCUT2D eigenvalue weighted by Gasteiger charge is -2.31. The van der Waals surface area contributed by atoms with Crippen LogP contribution in [0.1, 0.15) is 25.3 Å². The minimum atomic E-state index is -0.874. The molecule has 2 amide bonds. The van der Waals surface area contributed by atoms with E-state index in [1.165, 1.54) is 5.56 Å². The minimum Gasteiger partial charge on any atom is -0.312 e. The van der Waals surface area contributed by atoms with Gasteiger partial charge in [0, 0.05) is 12.2 Å². The van der Waals surface area contributed by atoms with E-state index in [1.807, 2.05) is 24.3 Å². The predicted molar refractivity (Wildman–Crippen MR) is 83.6 cm³/mol. The number of hydrogen-bond donors (Lipinski definition) is 2. The molecular formula is C15H17N3O2S. The van der Waals surface area contributed by atoms with Crippen molar-refractivity contribution in [3.8, 4) is 0 Å². The molecule has 21 heavy (non-hydrogen) atoms. The molecule has 2 aliphatic heterocycles. The van der Waals surface area contributed by atoms with Crippen molar-refractivity contribution < 1.29 is 9.59 Å². The minimum absolute atomic E-state index is 0.0537. The number of aryl methyl sites for hydroxylation is 1. The van der Waals surface area contributed by atoms with Crippen LogP contribution in [0.2, 0.25) is 0 Å². The first-order valence-corrected chi connectivity index (χ1v) is 7.78. The van der Waals surface area contributed by atoms with E-state index in [9.17, 15) is 9.59 Å². The molecule has 2 aliphatic rings. The molecule has 1 atom stereocenters. The molecule has 0 aromatic heterocycles. The number of rotatable bonds is 2. The molecule has 2 N–H and O–H groups in total. The Kier molecular flexibility index (Phi) is 3.49. The summed E-state index contributed by atoms with van der Waals surface area (Å²) >= 11 is 1.12. The van der Waals surface area contributed by atoms with Crippen molar-refractivity contribution >= 4 is 34.4 Å². The largest absolute Gasteiger partial charge is 0.312 e. The van der Waals surface area contributed by atoms with Crippen LogP contribution in [-0.4, -0.2) is 28.3 Å². The third-order valence-electron chi connectivity index (χ3n) is 3.93. The van der Waals surface area contributed by atoms with Crippen LogP contribution in [0.4, 0.5) is 5.69 Å². The second kappa shape index (κ2) is 5.18. The van der Waals surface area contributed by atoms with Crippen molar-refractivity contribution in [3.63, 3.8) is 0 Å². The number of hydrogen-bond acceptors (Lipinski definition) is 4. The summed E-state index contributed by atoms with van der Waals surface area (Å²) in [7, 11) is 0. The monoisotopic (exact) mass is 303 g/mol. The lowest BCUT2D eigenvalue weighted by atomic mass is 9.99. The topological polar surface area (TPSA) is 73.3 Å². The van der Waals surface area contributed by atoms with E-state index >= 15 is 0 Å². The van der Waals surface area contributed by atoms with Crippen LogP contribution in [0, 0.1) is 5.41 Å². The molecule has 1 aromatic carbocycles. The fourth-order valence-corrected chi connectivity index (χ4v) is 3.76. The number of fused-ring (bicyclic) bond motifs is 1. The van der Waals surface area contributed by atoms with Gasteiger partial charge in [0.15, 0.2) is 5.17 Å². The molecular weight excluding hydrogens is 286 g/mol. The Morgan fingerprint density at radius 2 is 2.24 bits per heavy atom. The number of carbonyl (C=O) groups excluding carboxylic acids is 2. The zero-order valence-electron chi connectivity index (χ0n) is 11.8. The molecule has 110 valence electrons. The molecule has 1 saturated heterocycles. The molecule has 0 aliphatic carbocycles. The molecule has 3 rings (SSSR count). The Hall–Kier alpha value is -1.82. The van der Waals surface area contributed by atoms with Gasteiger partial charge in [-0.05, 0) is 31.4 Å². The third-order valence-corrected chi connectivity index (χ3v) is 5.02. The number of benzene rings is 1. The Morgan fingerprint density at radius 1 is 1.48 bits per heavy atom. The molecule has 0 bridgehead atoms. The number of nitrogens with zero attached hydrogens (tertiary/aromatic N) is 1. The maximum Gasteiger partial charge on any atom is 0.242 e. The van der Waals surface area contributed by atoms with E-state index in [4.69, 9.17) is 5.41 Å². The van der Waals surface area contributed by atoms with Gasteiger partial charge in [-0.25, -0.2) is 0 Å². The van der Waals surface area contributed by atoms with Crippen LogP contribution in [-0.2, 0) is 16.0 Å². The highest BCUT2D eigenvalue weighted by molar-refractivity contribution is 8.16. The first-order chi connectivity index (χ1) is 9.99. The summed E-state index contributed by atoms with van der Waals surface area (Å²) in [6, 6.07) is 7.91. The van der Waals surface area contributed by atoms with E-state index in [1.54, 1.807) is 11.8 Å². The zero-order chi connectivity index (χ0) is 15.0. The van der Waals surface area contributed by atoms with E-state index in [0.717, 1.165) is 30.3 Å². The summed E-state index contributed by atoms with van der Waals surface area (Å²) in [4.78, 5) is 26.3. The zero-order valence-corrected chi connectivity index (χ0v) is 12.6. The highest BCUT2D eigenvalue weighted by Crippen LogP contribution is 2.36. The number of carbonyl (C=O) groups is 2. The molecule has 1 aromatic rings. The average molecular weight is 303 g/mol. The highest BCUT2D eigenvalue weighted by Gasteiger charge is 2.44. The summed E-state index contributed by atoms with van der Waals surface area (Å²) in [5, 5.41) is 10.1. The predicted octanol–water partition coefficient (Wildman–Crippen LogP) is 1.91. The van der Waals surface area contributed by atoms with Crippen LogP contribution in [0.25, 0.3) is 0 Å². The highest BCUT2D eigenvalue weighted by atomic mass is 32.2. The van der Waals surface area contributed by atoms with Crippen molar-refractivity contribution in [1.82, 2.24) is 5.32 Å². The van der Waals surface area contributed by atoms with E-state index in [-0.39, 0.29) is 23.4 Å². The molecule has 6 heteroatoms. The Balaban J connectivity index is 1.81. The Bertz CT molecular complexity index is 631. The number of amides is 2. The number of anilines is 1. The Morgan fingerprint density at radius 3 is 2.95 bits per heavy atom. The lowest BCUT2D eigenvalue weighted by Crippen LogP contribution is -2.42. The van der Waals surface area contributed by atoms with Crippen molar-refractivity contribution in [1.29, 1.82) is 5.41 Å². The SMILES string of the molecule is CC1(CC(=O)N2CCCc3ccccc32)SC(=N)NC1=O. The number of amidine groups is 1. The summed E-state index contributed by atoms with van der Waals surface area (Å²) in [6.45, 7) is 2.41. The first kappa shape index (κ1) is 14.1. The summed E-state index contributed by atoms with van der Waals surface area (Å²) in [5.41, 5.74) is 2.13. The van der Waals surface area contributed by atoms with Gasteiger partial charge in [-0.15, -0.1) is 0 Å². The van der Waals surface area contributed by atoms with Crippen LogP contribution in [0.15, 0.2) is 24.3 Å². The summed E-state index contributed by atoms with van der Waals surface area (Å²) < 4.78 is -0.874. The first-order valence-electron chi connectivity index (χ1n) is 6.97. The van der Waals surface area contributed by atoms with Crippen LogP contribution < -0.4 is 10.2 Å². The second-order valence-corrected chi connectivity index (χ2v) is 7.08. The fourth-order valence-electron chi connectivity index (χ4n) is 2.83. The lowest BCUT2D eigenvalue weighted by molar-refractivity contribution is -0.126. The molecule has 0 radical (unpaired) electrons. The molecule has 0 spiro atoms. The normalized spacial score (nSPS) is 24.7. The van der Waals surface area contributed by atoms with Gasteiger partial charge in [-0.3, -0.25) is 15.0 Å². The Labute approximate surface area is 127 Å². The summed E-state index contributed by atoms with van der Waals surface area (Å²) in [5.74, 6) is -0.307. The fraction of sp³-hybridized carbons (Fsp3) is 0.400. The quantitative estimate of drug-likeness (QED) is 0.876. The molecule has 0 saturated carbocycles. The van der Waals surface area contributed by atoms with Gasteiger partial charge in [0.1, 0.15) is 4.75 Å². The molecule has 5 nitrogen and oxygen atoms in total. The van der Waals surface area contributed by atoms with Gasteiger partial charge in [0.25, 0.3) is 0 Å². The van der Waals surface area contributed by atoms with Crippen LogP contribution in [0.5, 0.6) is 0 Å². The van der Waals surface area contributed by atoms with Crippen molar-refractivity contribution in [3.05, 3.63) is 29.8 Å². The van der Waals surface area contributed by atoms with Gasteiger partial charge < -0.3 is 10.2 Å². The van der Waals surface area contributed by atoms with E-state index < -0.39 is 4.75 Å². The molecule has 1 fully saturated rings. The van der Waals surface area contributed by atoms with Crippen LogP contribution in [0.3, 0.4) is 0 Å². The maximum atomic E-state index is 12.6. The second-order valence-electron chi connectivity index (χ2n) is 5.57. The van der Waals surface area contributed by atoms with E-state index in [2.05, 4.69) is 5.32 Å². The van der Waals surface area contributed by atoms with Crippen molar-refractivity contribution in [2.24, 2.45) is 0 Å². The maximum absolute atomic E-state index is 12.6. The van der Waals surface area contributed by atoms with E-state index in [0.29, 0.717) is 6.54 Å². The van der Waals surface area contributed by atoms with Crippen molar-refractivity contribution in [2.75, 3.05) is 11.4 Å². The van der Waals surface area contributed by atoms with Gasteiger partial charge in [0.2, 0.25) is 11.8 Å². The number of thioether (sulfide) groups is 1. The number of nitrogens with one attached hydrogen (secondary N) is 2.